The van der Waals surface area contributed by atoms with Gasteiger partial charge in [-0.3, -0.25) is 0 Å². The minimum atomic E-state index is -0.422. The molecule has 0 radical (unpaired) electrons. The van der Waals surface area contributed by atoms with Crippen LogP contribution in [-0.4, -0.2) is 23.5 Å². The molecular weight excluding hydrogens is 328 g/mol. The largest absolute Gasteiger partial charge is 0.401 e. The van der Waals surface area contributed by atoms with Crippen molar-refractivity contribution in [1.82, 2.24) is 20.6 Å². The third kappa shape index (κ3) is 1.96. The van der Waals surface area contributed by atoms with Gasteiger partial charge in [-0.1, -0.05) is 33.9 Å². The lowest BCUT2D eigenvalue weighted by Gasteiger charge is -2.36. The molecule has 0 saturated carbocycles. The van der Waals surface area contributed by atoms with Gasteiger partial charge < -0.3 is 5.73 Å². The van der Waals surface area contributed by atoms with E-state index in [1.807, 2.05) is 13.0 Å². The molecule has 2 rings (SSSR count). The van der Waals surface area contributed by atoms with E-state index in [0.717, 1.165) is 12.1 Å². The highest BCUT2D eigenvalue weighted by molar-refractivity contribution is 14.1. The van der Waals surface area contributed by atoms with Gasteiger partial charge >= 0.3 is 0 Å². The summed E-state index contributed by atoms with van der Waals surface area (Å²) in [6.45, 7) is 1.98. The van der Waals surface area contributed by atoms with Crippen molar-refractivity contribution in [3.63, 3.8) is 0 Å². The number of alkyl halides is 2. The van der Waals surface area contributed by atoms with Crippen molar-refractivity contribution in [3.05, 3.63) is 17.6 Å². The van der Waals surface area contributed by atoms with Crippen LogP contribution in [0.2, 0.25) is 0 Å². The van der Waals surface area contributed by atoms with Gasteiger partial charge in [-0.15, -0.1) is 21.8 Å². The summed E-state index contributed by atoms with van der Waals surface area (Å²) in [4.78, 5) is 0. The van der Waals surface area contributed by atoms with Crippen molar-refractivity contribution in [3.8, 4) is 0 Å². The summed E-state index contributed by atoms with van der Waals surface area (Å²) in [6.07, 6.45) is 3.40. The molecule has 7 heteroatoms. The number of aromatic nitrogens is 4. The fourth-order valence-electron chi connectivity index (χ4n) is 1.78. The Labute approximate surface area is 106 Å². The zero-order valence-corrected chi connectivity index (χ0v) is 11.1. The maximum atomic E-state index is 6.34. The number of nitrogens with zero attached hydrogens (tertiary/aromatic N) is 3. The summed E-state index contributed by atoms with van der Waals surface area (Å²) in [6, 6.07) is 0. The first kappa shape index (κ1) is 11.1. The second-order valence-electron chi connectivity index (χ2n) is 3.96. The molecule has 0 aliphatic heterocycles. The van der Waals surface area contributed by atoms with Crippen molar-refractivity contribution < 1.29 is 0 Å². The lowest BCUT2D eigenvalue weighted by atomic mass is 9.77. The van der Waals surface area contributed by atoms with E-state index in [-0.39, 0.29) is 2.88 Å². The van der Waals surface area contributed by atoms with E-state index in [1.54, 1.807) is 0 Å². The van der Waals surface area contributed by atoms with Crippen LogP contribution in [0.15, 0.2) is 11.8 Å². The van der Waals surface area contributed by atoms with E-state index in [4.69, 9.17) is 17.3 Å². The summed E-state index contributed by atoms with van der Waals surface area (Å²) >= 11 is 8.57. The molecule has 1 aromatic rings. The highest BCUT2D eigenvalue weighted by Crippen LogP contribution is 2.47. The number of rotatable bonds is 1. The number of nitrogens with two attached hydrogens (primary N) is 1. The molecule has 1 aromatic heterocycles. The zero-order valence-electron chi connectivity index (χ0n) is 8.17. The van der Waals surface area contributed by atoms with E-state index in [9.17, 15) is 0 Å². The molecule has 1 heterocycles. The Hall–Kier alpha value is -0.370. The molecule has 2 atom stereocenters. The van der Waals surface area contributed by atoms with Crippen LogP contribution in [0.1, 0.15) is 25.6 Å². The lowest BCUT2D eigenvalue weighted by Crippen LogP contribution is -2.39. The fraction of sp³-hybridized carbons (Fsp3) is 0.625. The maximum Gasteiger partial charge on any atom is 0.186 e. The fourth-order valence-corrected chi connectivity index (χ4v) is 3.11. The van der Waals surface area contributed by atoms with E-state index < -0.39 is 5.41 Å². The standard InChI is InChI=1S/C8H11ClIN5/c1-7(6-12-14-15-13-6)4-8(9,10)3-2-5(7)11/h2H,3-4,11H2,1H3,(H,12,13,14,15). The lowest BCUT2D eigenvalue weighted by molar-refractivity contribution is 0.433. The maximum absolute atomic E-state index is 6.34. The molecule has 0 bridgehead atoms. The smallest absolute Gasteiger partial charge is 0.186 e. The Morgan fingerprint density at radius 2 is 2.40 bits per heavy atom. The van der Waals surface area contributed by atoms with Gasteiger partial charge in [0.1, 0.15) is 2.88 Å². The molecule has 2 unspecified atom stereocenters. The number of halogens is 2. The molecule has 82 valence electrons. The number of aromatic amines is 1. The van der Waals surface area contributed by atoms with Crippen LogP contribution in [0.25, 0.3) is 0 Å². The quantitative estimate of drug-likeness (QED) is 0.600. The monoisotopic (exact) mass is 339 g/mol. The van der Waals surface area contributed by atoms with Crippen molar-refractivity contribution in [1.29, 1.82) is 0 Å². The predicted molar refractivity (Wildman–Crippen MR) is 65.6 cm³/mol. The molecule has 0 aromatic carbocycles. The number of H-pyrrole nitrogens is 1. The van der Waals surface area contributed by atoms with Crippen molar-refractivity contribution in [2.75, 3.05) is 0 Å². The Bertz CT molecular complexity index is 388. The minimum Gasteiger partial charge on any atom is -0.401 e. The number of allylic oxidation sites excluding steroid dienone is 2. The van der Waals surface area contributed by atoms with Crippen molar-refractivity contribution in [2.24, 2.45) is 5.73 Å². The highest BCUT2D eigenvalue weighted by Gasteiger charge is 2.44. The molecule has 1 aliphatic carbocycles. The van der Waals surface area contributed by atoms with E-state index in [2.05, 4.69) is 43.2 Å². The van der Waals surface area contributed by atoms with E-state index >= 15 is 0 Å². The van der Waals surface area contributed by atoms with Gasteiger partial charge in [0.2, 0.25) is 0 Å². The minimum absolute atomic E-state index is 0.323. The third-order valence-corrected chi connectivity index (χ3v) is 3.82. The molecule has 15 heavy (non-hydrogen) atoms. The first-order chi connectivity index (χ1) is 6.94. The molecule has 0 saturated heterocycles. The molecule has 0 spiro atoms. The predicted octanol–water partition coefficient (Wildman–Crippen LogP) is 1.46. The number of tetrazole rings is 1. The molecular formula is C8H11ClIN5. The van der Waals surface area contributed by atoms with E-state index in [1.165, 1.54) is 0 Å². The van der Waals surface area contributed by atoms with Gasteiger partial charge in [0, 0.05) is 5.70 Å². The van der Waals surface area contributed by atoms with Crippen LogP contribution in [0, 0.1) is 0 Å². The topological polar surface area (TPSA) is 80.5 Å². The Morgan fingerprint density at radius 3 is 3.00 bits per heavy atom. The van der Waals surface area contributed by atoms with Crippen LogP contribution in [0.5, 0.6) is 0 Å². The average molecular weight is 340 g/mol. The second-order valence-corrected chi connectivity index (χ2v) is 7.39. The highest BCUT2D eigenvalue weighted by atomic mass is 127. The summed E-state index contributed by atoms with van der Waals surface area (Å²) in [5, 5.41) is 14.0. The van der Waals surface area contributed by atoms with E-state index in [0.29, 0.717) is 12.2 Å². The second kappa shape index (κ2) is 3.58. The van der Waals surface area contributed by atoms with Crippen molar-refractivity contribution in [2.45, 2.75) is 28.1 Å². The average Bonchev–Trinajstić information content (AvgIpc) is 2.64. The first-order valence-electron chi connectivity index (χ1n) is 4.52. The van der Waals surface area contributed by atoms with Gasteiger partial charge in [-0.05, 0) is 19.8 Å². The normalized spacial score (nSPS) is 36.3. The summed E-state index contributed by atoms with van der Waals surface area (Å²) in [5.41, 5.74) is 6.34. The Kier molecular flexibility index (Phi) is 2.66. The Balaban J connectivity index is 2.43. The van der Waals surface area contributed by atoms with Gasteiger partial charge in [0.05, 0.1) is 5.41 Å². The number of hydrogen-bond donors (Lipinski definition) is 2. The molecule has 5 nitrogen and oxygen atoms in total. The van der Waals surface area contributed by atoms with Crippen LogP contribution < -0.4 is 5.73 Å². The Morgan fingerprint density at radius 1 is 1.67 bits per heavy atom. The van der Waals surface area contributed by atoms with Crippen LogP contribution in [0.4, 0.5) is 0 Å². The number of nitrogens with one attached hydrogen (secondary N) is 1. The third-order valence-electron chi connectivity index (χ3n) is 2.71. The zero-order chi connectivity index (χ0) is 11.1. The SMILES string of the molecule is CC1(c2nn[nH]n2)CC(Cl)(I)CC=C1N. The van der Waals surface area contributed by atoms with Gasteiger partial charge in [0.25, 0.3) is 0 Å². The molecule has 0 fully saturated rings. The summed E-state index contributed by atoms with van der Waals surface area (Å²) < 4.78 is -0.323. The van der Waals surface area contributed by atoms with Crippen LogP contribution in [-0.2, 0) is 5.41 Å². The van der Waals surface area contributed by atoms with Gasteiger partial charge in [-0.2, -0.15) is 5.21 Å². The number of hydrogen-bond acceptors (Lipinski definition) is 4. The van der Waals surface area contributed by atoms with Gasteiger partial charge in [-0.25, -0.2) is 0 Å². The van der Waals surface area contributed by atoms with Gasteiger partial charge in [0.15, 0.2) is 5.82 Å². The molecule has 3 N–H and O–H groups in total. The van der Waals surface area contributed by atoms with Crippen molar-refractivity contribution >= 4 is 34.2 Å². The van der Waals surface area contributed by atoms with Crippen LogP contribution in [0.3, 0.4) is 0 Å². The molecule has 0 amide bonds. The first-order valence-corrected chi connectivity index (χ1v) is 5.98. The summed E-state index contributed by atoms with van der Waals surface area (Å²) in [7, 11) is 0. The summed E-state index contributed by atoms with van der Waals surface area (Å²) in [5.74, 6) is 0.595. The molecule has 1 aliphatic rings. The van der Waals surface area contributed by atoms with Crippen LogP contribution >= 0.6 is 34.2 Å².